The van der Waals surface area contributed by atoms with Crippen molar-refractivity contribution < 1.29 is 18.0 Å². The van der Waals surface area contributed by atoms with Gasteiger partial charge in [-0.15, -0.1) is 11.3 Å². The molecule has 0 bridgehead atoms. The van der Waals surface area contributed by atoms with Gasteiger partial charge in [0.25, 0.3) is 0 Å². The standard InChI is InChI=1S/C22H26N2O4S2/c1-15-5-6-18(12-16(15)2)24-14-17(13-21(24)25)22(26)23-8-7-20(19-4-3-10-29-19)30(27,28)11-9-23/h3-6,10,12,17,20H,7-9,11,13-14H2,1-2H3. The molecule has 3 heterocycles. The Morgan fingerprint density at radius 2 is 1.93 bits per heavy atom. The Bertz CT molecular complexity index is 1060. The number of aryl methyl sites for hydroxylation is 2. The third-order valence-electron chi connectivity index (χ3n) is 6.19. The fourth-order valence-corrected chi connectivity index (χ4v) is 7.24. The molecule has 2 fully saturated rings. The van der Waals surface area contributed by atoms with Gasteiger partial charge < -0.3 is 9.80 Å². The summed E-state index contributed by atoms with van der Waals surface area (Å²) < 4.78 is 25.5. The van der Waals surface area contributed by atoms with E-state index in [4.69, 9.17) is 0 Å². The molecule has 2 unspecified atom stereocenters. The maximum Gasteiger partial charge on any atom is 0.228 e. The number of sulfone groups is 1. The number of anilines is 1. The first-order valence-electron chi connectivity index (χ1n) is 10.2. The number of thiophene rings is 1. The van der Waals surface area contributed by atoms with Crippen molar-refractivity contribution in [1.29, 1.82) is 0 Å². The van der Waals surface area contributed by atoms with Crippen LogP contribution in [-0.4, -0.2) is 50.5 Å². The number of amides is 2. The molecule has 0 radical (unpaired) electrons. The van der Waals surface area contributed by atoms with Crippen molar-refractivity contribution in [1.82, 2.24) is 4.90 Å². The number of benzene rings is 1. The Morgan fingerprint density at radius 3 is 2.63 bits per heavy atom. The zero-order chi connectivity index (χ0) is 21.5. The third-order valence-corrected chi connectivity index (χ3v) is 9.43. The number of carbonyl (C=O) groups excluding carboxylic acids is 2. The predicted octanol–water partition coefficient (Wildman–Crippen LogP) is 3.11. The Hall–Kier alpha value is -2.19. The fourth-order valence-electron chi connectivity index (χ4n) is 4.23. The van der Waals surface area contributed by atoms with Gasteiger partial charge in [-0.2, -0.15) is 0 Å². The van der Waals surface area contributed by atoms with E-state index in [1.807, 2.05) is 49.6 Å². The van der Waals surface area contributed by atoms with E-state index in [0.717, 1.165) is 21.7 Å². The highest BCUT2D eigenvalue weighted by molar-refractivity contribution is 7.91. The van der Waals surface area contributed by atoms with Crippen molar-refractivity contribution in [2.75, 3.05) is 30.3 Å². The minimum Gasteiger partial charge on any atom is -0.341 e. The first-order chi connectivity index (χ1) is 14.3. The first kappa shape index (κ1) is 21.1. The highest BCUT2D eigenvalue weighted by Crippen LogP contribution is 2.33. The third kappa shape index (κ3) is 4.03. The molecule has 0 N–H and O–H groups in total. The Labute approximate surface area is 181 Å². The molecule has 160 valence electrons. The normalized spacial score (nSPS) is 24.1. The van der Waals surface area contributed by atoms with E-state index in [1.54, 1.807) is 9.80 Å². The predicted molar refractivity (Wildman–Crippen MR) is 118 cm³/mol. The van der Waals surface area contributed by atoms with Crippen molar-refractivity contribution in [2.45, 2.75) is 31.9 Å². The second-order valence-electron chi connectivity index (χ2n) is 8.16. The van der Waals surface area contributed by atoms with Crippen molar-refractivity contribution in [3.63, 3.8) is 0 Å². The first-order valence-corrected chi connectivity index (χ1v) is 12.8. The Morgan fingerprint density at radius 1 is 1.13 bits per heavy atom. The SMILES string of the molecule is Cc1ccc(N2CC(C(=O)N3CCC(c4cccs4)S(=O)(=O)CC3)CC2=O)cc1C. The lowest BCUT2D eigenvalue weighted by atomic mass is 10.1. The molecule has 1 aromatic heterocycles. The summed E-state index contributed by atoms with van der Waals surface area (Å²) >= 11 is 1.44. The van der Waals surface area contributed by atoms with Crippen LogP contribution in [0.3, 0.4) is 0 Å². The maximum atomic E-state index is 13.2. The minimum atomic E-state index is -3.31. The van der Waals surface area contributed by atoms with Crippen molar-refractivity contribution >= 4 is 38.7 Å². The molecule has 0 saturated carbocycles. The number of hydrogen-bond acceptors (Lipinski definition) is 5. The molecule has 1 aromatic carbocycles. The average molecular weight is 447 g/mol. The zero-order valence-electron chi connectivity index (χ0n) is 17.2. The van der Waals surface area contributed by atoms with Crippen LogP contribution in [0.25, 0.3) is 0 Å². The molecule has 2 saturated heterocycles. The molecule has 4 rings (SSSR count). The number of hydrogen-bond donors (Lipinski definition) is 0. The van der Waals surface area contributed by atoms with Crippen molar-refractivity contribution in [2.24, 2.45) is 5.92 Å². The van der Waals surface area contributed by atoms with Gasteiger partial charge in [-0.1, -0.05) is 12.1 Å². The van der Waals surface area contributed by atoms with Crippen LogP contribution < -0.4 is 4.90 Å². The van der Waals surface area contributed by atoms with Crippen LogP contribution in [0.2, 0.25) is 0 Å². The van der Waals surface area contributed by atoms with Crippen LogP contribution in [0, 0.1) is 19.8 Å². The fraction of sp³-hybridized carbons (Fsp3) is 0.455. The van der Waals surface area contributed by atoms with Gasteiger partial charge in [-0.05, 0) is 55.0 Å². The smallest absolute Gasteiger partial charge is 0.228 e. The second-order valence-corrected chi connectivity index (χ2v) is 11.4. The molecule has 2 aliphatic heterocycles. The average Bonchev–Trinajstić information content (AvgIpc) is 3.32. The zero-order valence-corrected chi connectivity index (χ0v) is 18.8. The summed E-state index contributed by atoms with van der Waals surface area (Å²) in [6, 6.07) is 9.58. The molecular weight excluding hydrogens is 420 g/mol. The van der Waals surface area contributed by atoms with Crippen LogP contribution in [0.4, 0.5) is 5.69 Å². The number of rotatable bonds is 3. The van der Waals surface area contributed by atoms with Gasteiger partial charge in [0.05, 0.1) is 16.9 Å². The van der Waals surface area contributed by atoms with Gasteiger partial charge in [0, 0.05) is 36.6 Å². The molecule has 2 aliphatic rings. The summed E-state index contributed by atoms with van der Waals surface area (Å²) in [4.78, 5) is 29.9. The van der Waals surface area contributed by atoms with Gasteiger partial charge in [0.15, 0.2) is 9.84 Å². The molecule has 2 aromatic rings. The van der Waals surface area contributed by atoms with Gasteiger partial charge >= 0.3 is 0 Å². The van der Waals surface area contributed by atoms with E-state index in [-0.39, 0.29) is 30.5 Å². The van der Waals surface area contributed by atoms with Crippen LogP contribution >= 0.6 is 11.3 Å². The van der Waals surface area contributed by atoms with E-state index in [1.165, 1.54) is 11.3 Å². The molecule has 8 heteroatoms. The van der Waals surface area contributed by atoms with Crippen LogP contribution in [0.1, 0.15) is 34.1 Å². The van der Waals surface area contributed by atoms with Crippen LogP contribution in [0.15, 0.2) is 35.7 Å². The second kappa shape index (κ2) is 8.15. The van der Waals surface area contributed by atoms with E-state index in [9.17, 15) is 18.0 Å². The van der Waals surface area contributed by atoms with Crippen LogP contribution in [0.5, 0.6) is 0 Å². The highest BCUT2D eigenvalue weighted by atomic mass is 32.2. The lowest BCUT2D eigenvalue weighted by Gasteiger charge is -2.24. The van der Waals surface area contributed by atoms with E-state index >= 15 is 0 Å². The molecule has 2 amide bonds. The van der Waals surface area contributed by atoms with Crippen LogP contribution in [-0.2, 0) is 19.4 Å². The molecule has 30 heavy (non-hydrogen) atoms. The molecule has 2 atom stereocenters. The van der Waals surface area contributed by atoms with Gasteiger partial charge in [0.2, 0.25) is 11.8 Å². The Balaban J connectivity index is 1.47. The molecule has 0 spiro atoms. The lowest BCUT2D eigenvalue weighted by Crippen LogP contribution is -2.39. The molecule has 6 nitrogen and oxygen atoms in total. The molecular formula is C22H26N2O4S2. The van der Waals surface area contributed by atoms with E-state index in [2.05, 4.69) is 0 Å². The van der Waals surface area contributed by atoms with Gasteiger partial charge in [-0.25, -0.2) is 8.42 Å². The van der Waals surface area contributed by atoms with Crippen molar-refractivity contribution in [3.8, 4) is 0 Å². The van der Waals surface area contributed by atoms with Gasteiger partial charge in [0.1, 0.15) is 0 Å². The summed E-state index contributed by atoms with van der Waals surface area (Å²) in [6.45, 7) is 4.96. The summed E-state index contributed by atoms with van der Waals surface area (Å²) in [5.74, 6) is -0.643. The monoisotopic (exact) mass is 446 g/mol. The largest absolute Gasteiger partial charge is 0.341 e. The van der Waals surface area contributed by atoms with Gasteiger partial charge in [-0.3, -0.25) is 9.59 Å². The summed E-state index contributed by atoms with van der Waals surface area (Å²) in [5.41, 5.74) is 3.08. The summed E-state index contributed by atoms with van der Waals surface area (Å²) in [5, 5.41) is 1.33. The summed E-state index contributed by atoms with van der Waals surface area (Å²) in [7, 11) is -3.31. The number of nitrogens with zero attached hydrogens (tertiary/aromatic N) is 2. The molecule has 0 aliphatic carbocycles. The van der Waals surface area contributed by atoms with Crippen molar-refractivity contribution in [3.05, 3.63) is 51.7 Å². The topological polar surface area (TPSA) is 74.8 Å². The summed E-state index contributed by atoms with van der Waals surface area (Å²) in [6.07, 6.45) is 0.569. The number of carbonyl (C=O) groups is 2. The maximum absolute atomic E-state index is 13.2. The minimum absolute atomic E-state index is 0.0388. The highest BCUT2D eigenvalue weighted by Gasteiger charge is 2.39. The Kier molecular flexibility index (Phi) is 5.72. The van der Waals surface area contributed by atoms with E-state index < -0.39 is 21.0 Å². The quantitative estimate of drug-likeness (QED) is 0.726. The lowest BCUT2D eigenvalue weighted by molar-refractivity contribution is -0.135. The van der Waals surface area contributed by atoms with E-state index in [0.29, 0.717) is 19.5 Å².